The van der Waals surface area contributed by atoms with Crippen LogP contribution in [0.2, 0.25) is 0 Å². The number of nitrogens with zero attached hydrogens (tertiary/aromatic N) is 1. The Morgan fingerprint density at radius 1 is 0.864 bits per heavy atom. The van der Waals surface area contributed by atoms with Crippen molar-refractivity contribution in [2.75, 3.05) is 0 Å². The summed E-state index contributed by atoms with van der Waals surface area (Å²) in [4.78, 5) is 16.1. The van der Waals surface area contributed by atoms with E-state index in [0.29, 0.717) is 13.1 Å². The van der Waals surface area contributed by atoms with Crippen LogP contribution in [-0.2, 0) is 13.1 Å². The third kappa shape index (κ3) is 3.61. The Morgan fingerprint density at radius 2 is 1.64 bits per heavy atom. The van der Waals surface area contributed by atoms with Gasteiger partial charge >= 0.3 is 6.03 Å². The predicted molar refractivity (Wildman–Crippen MR) is 87.3 cm³/mol. The lowest BCUT2D eigenvalue weighted by molar-refractivity contribution is 0.240. The fourth-order valence-corrected chi connectivity index (χ4v) is 2.26. The fraction of sp³-hybridized carbons (Fsp3) is 0.111. The number of urea groups is 1. The van der Waals surface area contributed by atoms with Crippen LogP contribution in [0.5, 0.6) is 0 Å². The van der Waals surface area contributed by atoms with Crippen LogP contribution in [0, 0.1) is 0 Å². The Kier molecular flexibility index (Phi) is 4.30. The van der Waals surface area contributed by atoms with Gasteiger partial charge in [0.05, 0.1) is 5.52 Å². The first-order valence-electron chi connectivity index (χ1n) is 7.20. The predicted octanol–water partition coefficient (Wildman–Crippen LogP) is 3.23. The minimum atomic E-state index is -0.171. The Labute approximate surface area is 129 Å². The fourth-order valence-electron chi connectivity index (χ4n) is 2.26. The minimum Gasteiger partial charge on any atom is -0.334 e. The first kappa shape index (κ1) is 14.1. The quantitative estimate of drug-likeness (QED) is 0.775. The van der Waals surface area contributed by atoms with Gasteiger partial charge in [0.2, 0.25) is 0 Å². The van der Waals surface area contributed by atoms with Gasteiger partial charge in [0.15, 0.2) is 0 Å². The number of fused-ring (bicyclic) bond motifs is 1. The Morgan fingerprint density at radius 3 is 2.45 bits per heavy atom. The summed E-state index contributed by atoms with van der Waals surface area (Å²) >= 11 is 0. The maximum absolute atomic E-state index is 11.8. The average molecular weight is 291 g/mol. The standard InChI is InChI=1S/C18H17N3O/c22-18(20-12-14-5-2-1-3-6-14)21-13-15-8-9-17-16(11-15)7-4-10-19-17/h1-11H,12-13H2,(H2,20,21,22). The number of pyridine rings is 1. The van der Waals surface area contributed by atoms with Crippen molar-refractivity contribution in [3.05, 3.63) is 78.0 Å². The molecule has 0 fully saturated rings. The van der Waals surface area contributed by atoms with E-state index in [4.69, 9.17) is 0 Å². The van der Waals surface area contributed by atoms with Crippen LogP contribution < -0.4 is 10.6 Å². The smallest absolute Gasteiger partial charge is 0.315 e. The zero-order chi connectivity index (χ0) is 15.2. The molecule has 0 aliphatic rings. The van der Waals surface area contributed by atoms with Crippen LogP contribution in [0.25, 0.3) is 10.9 Å². The molecule has 4 heteroatoms. The molecule has 0 saturated heterocycles. The molecule has 3 rings (SSSR count). The molecular weight excluding hydrogens is 274 g/mol. The summed E-state index contributed by atoms with van der Waals surface area (Å²) in [6, 6.07) is 19.6. The molecule has 0 aliphatic heterocycles. The minimum absolute atomic E-state index is 0.171. The summed E-state index contributed by atoms with van der Waals surface area (Å²) in [5, 5.41) is 6.78. The van der Waals surface area contributed by atoms with E-state index >= 15 is 0 Å². The molecule has 0 spiro atoms. The molecule has 0 saturated carbocycles. The molecule has 1 aromatic heterocycles. The Bertz CT molecular complexity index is 771. The summed E-state index contributed by atoms with van der Waals surface area (Å²) in [6.45, 7) is 1.01. The first-order valence-corrected chi connectivity index (χ1v) is 7.20. The highest BCUT2D eigenvalue weighted by molar-refractivity contribution is 5.79. The van der Waals surface area contributed by atoms with Crippen LogP contribution >= 0.6 is 0 Å². The van der Waals surface area contributed by atoms with Crippen LogP contribution in [0.1, 0.15) is 11.1 Å². The highest BCUT2D eigenvalue weighted by Gasteiger charge is 2.02. The summed E-state index contributed by atoms with van der Waals surface area (Å²) in [5.74, 6) is 0. The molecule has 0 aliphatic carbocycles. The molecule has 0 unspecified atom stereocenters. The molecule has 3 aromatic rings. The molecule has 2 aromatic carbocycles. The van der Waals surface area contributed by atoms with E-state index < -0.39 is 0 Å². The Hall–Kier alpha value is -2.88. The highest BCUT2D eigenvalue weighted by atomic mass is 16.2. The van der Waals surface area contributed by atoms with Crippen molar-refractivity contribution < 1.29 is 4.79 Å². The molecule has 2 N–H and O–H groups in total. The maximum Gasteiger partial charge on any atom is 0.315 e. The van der Waals surface area contributed by atoms with Gasteiger partial charge in [-0.05, 0) is 29.3 Å². The van der Waals surface area contributed by atoms with Gasteiger partial charge in [-0.1, -0.05) is 42.5 Å². The first-order chi connectivity index (χ1) is 10.8. The van der Waals surface area contributed by atoms with Crippen LogP contribution in [-0.4, -0.2) is 11.0 Å². The van der Waals surface area contributed by atoms with Crippen molar-refractivity contribution in [1.29, 1.82) is 0 Å². The summed E-state index contributed by atoms with van der Waals surface area (Å²) in [6.07, 6.45) is 1.78. The lowest BCUT2D eigenvalue weighted by Crippen LogP contribution is -2.34. The number of amides is 2. The highest BCUT2D eigenvalue weighted by Crippen LogP contribution is 2.13. The second kappa shape index (κ2) is 6.72. The molecule has 110 valence electrons. The van der Waals surface area contributed by atoms with Gasteiger partial charge in [0.1, 0.15) is 0 Å². The van der Waals surface area contributed by atoms with Gasteiger partial charge in [-0.2, -0.15) is 0 Å². The van der Waals surface area contributed by atoms with E-state index in [1.165, 1.54) is 0 Å². The van der Waals surface area contributed by atoms with Crippen LogP contribution in [0.15, 0.2) is 66.9 Å². The van der Waals surface area contributed by atoms with E-state index in [2.05, 4.69) is 15.6 Å². The van der Waals surface area contributed by atoms with Gasteiger partial charge in [-0.15, -0.1) is 0 Å². The molecular formula is C18H17N3O. The average Bonchev–Trinajstić information content (AvgIpc) is 2.59. The van der Waals surface area contributed by atoms with Crippen LogP contribution in [0.3, 0.4) is 0 Å². The van der Waals surface area contributed by atoms with Crippen LogP contribution in [0.4, 0.5) is 4.79 Å². The number of hydrogen-bond acceptors (Lipinski definition) is 2. The monoisotopic (exact) mass is 291 g/mol. The number of benzene rings is 2. The van der Waals surface area contributed by atoms with Gasteiger partial charge in [0.25, 0.3) is 0 Å². The van der Waals surface area contributed by atoms with Gasteiger partial charge in [0, 0.05) is 24.7 Å². The van der Waals surface area contributed by atoms with Crippen molar-refractivity contribution in [3.63, 3.8) is 0 Å². The van der Waals surface area contributed by atoms with E-state index in [9.17, 15) is 4.79 Å². The van der Waals surface area contributed by atoms with Crippen molar-refractivity contribution in [3.8, 4) is 0 Å². The largest absolute Gasteiger partial charge is 0.334 e. The number of aromatic nitrogens is 1. The molecule has 0 radical (unpaired) electrons. The van der Waals surface area contributed by atoms with Crippen molar-refractivity contribution in [2.24, 2.45) is 0 Å². The second-order valence-corrected chi connectivity index (χ2v) is 5.05. The molecule has 1 heterocycles. The number of rotatable bonds is 4. The number of hydrogen-bond donors (Lipinski definition) is 2. The van der Waals surface area contributed by atoms with E-state index in [0.717, 1.165) is 22.0 Å². The zero-order valence-corrected chi connectivity index (χ0v) is 12.1. The summed E-state index contributed by atoms with van der Waals surface area (Å²) in [7, 11) is 0. The molecule has 22 heavy (non-hydrogen) atoms. The van der Waals surface area contributed by atoms with Crippen molar-refractivity contribution in [1.82, 2.24) is 15.6 Å². The lowest BCUT2D eigenvalue weighted by Gasteiger charge is -2.08. The van der Waals surface area contributed by atoms with Gasteiger partial charge < -0.3 is 10.6 Å². The Balaban J connectivity index is 1.53. The van der Waals surface area contributed by atoms with E-state index in [1.807, 2.05) is 60.7 Å². The molecule has 0 bridgehead atoms. The maximum atomic E-state index is 11.8. The van der Waals surface area contributed by atoms with Gasteiger partial charge in [-0.25, -0.2) is 4.79 Å². The SMILES string of the molecule is O=C(NCc1ccccc1)NCc1ccc2ncccc2c1. The van der Waals surface area contributed by atoms with Crippen molar-refractivity contribution >= 4 is 16.9 Å². The van der Waals surface area contributed by atoms with Crippen molar-refractivity contribution in [2.45, 2.75) is 13.1 Å². The summed E-state index contributed by atoms with van der Waals surface area (Å²) < 4.78 is 0. The topological polar surface area (TPSA) is 54.0 Å². The summed E-state index contributed by atoms with van der Waals surface area (Å²) in [5.41, 5.74) is 3.09. The molecule has 2 amide bonds. The number of carbonyl (C=O) groups is 1. The lowest BCUT2D eigenvalue weighted by atomic mass is 10.1. The number of nitrogens with one attached hydrogen (secondary N) is 2. The second-order valence-electron chi connectivity index (χ2n) is 5.05. The van der Waals surface area contributed by atoms with E-state index in [-0.39, 0.29) is 6.03 Å². The normalized spacial score (nSPS) is 10.4. The molecule has 0 atom stereocenters. The number of carbonyl (C=O) groups excluding carboxylic acids is 1. The third-order valence-corrected chi connectivity index (χ3v) is 3.42. The molecule has 4 nitrogen and oxygen atoms in total. The van der Waals surface area contributed by atoms with E-state index in [1.54, 1.807) is 6.20 Å². The van der Waals surface area contributed by atoms with Gasteiger partial charge in [-0.3, -0.25) is 4.98 Å². The zero-order valence-electron chi connectivity index (χ0n) is 12.1. The third-order valence-electron chi connectivity index (χ3n) is 3.42.